The molecule has 3 aromatic rings. The van der Waals surface area contributed by atoms with Gasteiger partial charge in [-0.05, 0) is 40.8 Å². The van der Waals surface area contributed by atoms with E-state index in [2.05, 4.69) is 51.8 Å². The Morgan fingerprint density at radius 1 is 0.947 bits per heavy atom. The average Bonchev–Trinajstić information content (AvgIpc) is 3.15. The van der Waals surface area contributed by atoms with Crippen LogP contribution in [0.4, 0.5) is 0 Å². The van der Waals surface area contributed by atoms with Gasteiger partial charge in [-0.3, -0.25) is 0 Å². The molecule has 0 unspecified atom stereocenters. The summed E-state index contributed by atoms with van der Waals surface area (Å²) < 4.78 is 0. The summed E-state index contributed by atoms with van der Waals surface area (Å²) in [7, 11) is 0. The molecule has 0 aliphatic heterocycles. The fraction of sp³-hybridized carbons (Fsp3) is 0.200. The molecule has 0 radical (unpaired) electrons. The van der Waals surface area contributed by atoms with E-state index in [-0.39, 0.29) is 0 Å². The molecule has 0 fully saturated rings. The maximum Gasteiger partial charge on any atom is 0.0351 e. The normalized spacial score (nSPS) is 10.9. The lowest BCUT2D eigenvalue weighted by molar-refractivity contribution is 0.697. The Labute approximate surface area is 125 Å². The summed E-state index contributed by atoms with van der Waals surface area (Å²) in [4.78, 5) is 4.23. The molecule has 1 N–H and O–H groups in total. The minimum Gasteiger partial charge on any atom is -0.311 e. The van der Waals surface area contributed by atoms with Crippen molar-refractivity contribution in [3.8, 4) is 10.4 Å². The van der Waals surface area contributed by atoms with Crippen molar-refractivity contribution in [3.05, 3.63) is 56.2 Å². The molecule has 0 amide bonds. The minimum atomic E-state index is 0.974. The smallest absolute Gasteiger partial charge is 0.0351 e. The number of nitrogens with one attached hydrogen (secondary N) is 1. The van der Waals surface area contributed by atoms with Gasteiger partial charge in [0.2, 0.25) is 0 Å². The van der Waals surface area contributed by atoms with Crippen molar-refractivity contribution in [1.82, 2.24) is 5.32 Å². The van der Waals surface area contributed by atoms with Gasteiger partial charge >= 0.3 is 0 Å². The van der Waals surface area contributed by atoms with Crippen LogP contribution in [-0.2, 0) is 13.0 Å². The van der Waals surface area contributed by atoms with E-state index in [1.165, 1.54) is 20.2 Å². The highest BCUT2D eigenvalue weighted by Crippen LogP contribution is 2.29. The highest BCUT2D eigenvalue weighted by Gasteiger charge is 2.03. The van der Waals surface area contributed by atoms with Crippen molar-refractivity contribution >= 4 is 34.0 Å². The molecule has 0 atom stereocenters. The molecular formula is C15H15NS3. The zero-order chi connectivity index (χ0) is 12.9. The van der Waals surface area contributed by atoms with E-state index in [9.17, 15) is 0 Å². The van der Waals surface area contributed by atoms with Crippen LogP contribution in [0.1, 0.15) is 9.75 Å². The Morgan fingerprint density at radius 3 is 2.63 bits per heavy atom. The van der Waals surface area contributed by atoms with Crippen LogP contribution >= 0.6 is 34.0 Å². The van der Waals surface area contributed by atoms with Gasteiger partial charge in [0.25, 0.3) is 0 Å². The Kier molecular flexibility index (Phi) is 4.45. The van der Waals surface area contributed by atoms with Gasteiger partial charge in [0.1, 0.15) is 0 Å². The first-order valence-corrected chi connectivity index (χ1v) is 8.90. The molecular weight excluding hydrogens is 290 g/mol. The molecule has 1 nitrogen and oxygen atoms in total. The van der Waals surface area contributed by atoms with Crippen molar-refractivity contribution in [3.63, 3.8) is 0 Å². The number of rotatable bonds is 6. The lowest BCUT2D eigenvalue weighted by Crippen LogP contribution is -2.15. The third kappa shape index (κ3) is 3.54. The van der Waals surface area contributed by atoms with E-state index >= 15 is 0 Å². The predicted octanol–water partition coefficient (Wildman–Crippen LogP) is 4.87. The van der Waals surface area contributed by atoms with Crippen LogP contribution in [0.2, 0.25) is 0 Å². The summed E-state index contributed by atoms with van der Waals surface area (Å²) in [5.74, 6) is 0. The zero-order valence-electron chi connectivity index (χ0n) is 10.5. The van der Waals surface area contributed by atoms with E-state index in [1.54, 1.807) is 11.3 Å². The fourth-order valence-electron chi connectivity index (χ4n) is 1.92. The topological polar surface area (TPSA) is 12.0 Å². The van der Waals surface area contributed by atoms with Gasteiger partial charge in [0, 0.05) is 33.3 Å². The van der Waals surface area contributed by atoms with Gasteiger partial charge in [-0.2, -0.15) is 0 Å². The summed E-state index contributed by atoms with van der Waals surface area (Å²) in [6.45, 7) is 2.02. The number of thiophene rings is 3. The summed E-state index contributed by atoms with van der Waals surface area (Å²) in [5.41, 5.74) is 1.36. The third-order valence-corrected chi connectivity index (χ3v) is 5.68. The minimum absolute atomic E-state index is 0.974. The molecule has 3 aromatic heterocycles. The second-order valence-corrected chi connectivity index (χ2v) is 7.26. The summed E-state index contributed by atoms with van der Waals surface area (Å²) in [6.07, 6.45) is 1.13. The molecule has 0 spiro atoms. The predicted molar refractivity (Wildman–Crippen MR) is 87.4 cm³/mol. The highest BCUT2D eigenvalue weighted by molar-refractivity contribution is 7.14. The third-order valence-electron chi connectivity index (χ3n) is 2.89. The lowest BCUT2D eigenvalue weighted by atomic mass is 10.2. The van der Waals surface area contributed by atoms with Crippen molar-refractivity contribution in [1.29, 1.82) is 0 Å². The molecule has 98 valence electrons. The first kappa shape index (κ1) is 13.1. The maximum atomic E-state index is 3.52. The Hall–Kier alpha value is -0.940. The van der Waals surface area contributed by atoms with Crippen LogP contribution in [-0.4, -0.2) is 6.54 Å². The maximum absolute atomic E-state index is 3.52. The quantitative estimate of drug-likeness (QED) is 0.641. The van der Waals surface area contributed by atoms with Crippen molar-refractivity contribution in [2.24, 2.45) is 0 Å². The summed E-state index contributed by atoms with van der Waals surface area (Å²) in [6, 6.07) is 10.9. The van der Waals surface area contributed by atoms with Crippen LogP contribution in [0.25, 0.3) is 10.4 Å². The average molecular weight is 305 g/mol. The van der Waals surface area contributed by atoms with E-state index in [0.29, 0.717) is 0 Å². The monoisotopic (exact) mass is 305 g/mol. The van der Waals surface area contributed by atoms with Gasteiger partial charge in [-0.15, -0.1) is 34.0 Å². The van der Waals surface area contributed by atoms with Gasteiger partial charge in [0.05, 0.1) is 0 Å². The summed E-state index contributed by atoms with van der Waals surface area (Å²) in [5, 5.41) is 10.0. The van der Waals surface area contributed by atoms with Gasteiger partial charge in [-0.1, -0.05) is 12.1 Å². The first-order valence-electron chi connectivity index (χ1n) is 6.26. The lowest BCUT2D eigenvalue weighted by Gasteiger charge is -2.01. The molecule has 4 heteroatoms. The molecule has 3 heterocycles. The van der Waals surface area contributed by atoms with Crippen LogP contribution < -0.4 is 5.32 Å². The Balaban J connectivity index is 1.48. The summed E-state index contributed by atoms with van der Waals surface area (Å²) >= 11 is 5.48. The SMILES string of the molecule is c1csc(CCNCc2cc(-c3cccs3)cs2)c1. The Morgan fingerprint density at radius 2 is 1.84 bits per heavy atom. The molecule has 0 saturated heterocycles. The zero-order valence-corrected chi connectivity index (χ0v) is 12.9. The van der Waals surface area contributed by atoms with Crippen molar-refractivity contribution < 1.29 is 0 Å². The standard InChI is InChI=1S/C15H15NS3/c1-3-13(17-7-1)5-6-16-10-14-9-12(11-19-14)15-4-2-8-18-15/h1-4,7-9,11,16H,5-6,10H2. The van der Waals surface area contributed by atoms with E-state index in [4.69, 9.17) is 0 Å². The number of hydrogen-bond donors (Lipinski definition) is 1. The van der Waals surface area contributed by atoms with Crippen LogP contribution in [0, 0.1) is 0 Å². The molecule has 0 aliphatic carbocycles. The fourth-order valence-corrected chi connectivity index (χ4v) is 4.28. The van der Waals surface area contributed by atoms with Crippen LogP contribution in [0.5, 0.6) is 0 Å². The Bertz CT molecular complexity index is 593. The van der Waals surface area contributed by atoms with Gasteiger partial charge in [0.15, 0.2) is 0 Å². The molecule has 0 saturated carbocycles. The van der Waals surface area contributed by atoms with Crippen molar-refractivity contribution in [2.45, 2.75) is 13.0 Å². The molecule has 0 aliphatic rings. The number of hydrogen-bond acceptors (Lipinski definition) is 4. The van der Waals surface area contributed by atoms with E-state index in [0.717, 1.165) is 19.5 Å². The van der Waals surface area contributed by atoms with Crippen LogP contribution in [0.3, 0.4) is 0 Å². The molecule has 0 bridgehead atoms. The van der Waals surface area contributed by atoms with E-state index in [1.807, 2.05) is 22.7 Å². The molecule has 3 rings (SSSR count). The molecule has 19 heavy (non-hydrogen) atoms. The molecule has 0 aromatic carbocycles. The first-order chi connectivity index (χ1) is 9.42. The van der Waals surface area contributed by atoms with E-state index < -0.39 is 0 Å². The second-order valence-electron chi connectivity index (χ2n) is 4.29. The van der Waals surface area contributed by atoms with Gasteiger partial charge in [-0.25, -0.2) is 0 Å². The van der Waals surface area contributed by atoms with Gasteiger partial charge < -0.3 is 5.32 Å². The highest BCUT2D eigenvalue weighted by atomic mass is 32.1. The van der Waals surface area contributed by atoms with Crippen molar-refractivity contribution in [2.75, 3.05) is 6.54 Å². The largest absolute Gasteiger partial charge is 0.311 e. The second kappa shape index (κ2) is 6.48. The van der Waals surface area contributed by atoms with Crippen LogP contribution in [0.15, 0.2) is 46.5 Å².